The summed E-state index contributed by atoms with van der Waals surface area (Å²) in [5, 5.41) is 3.96. The van der Waals surface area contributed by atoms with Crippen LogP contribution in [0.2, 0.25) is 5.02 Å². The molecule has 0 fully saturated rings. The van der Waals surface area contributed by atoms with Crippen LogP contribution in [0.15, 0.2) is 48.5 Å². The molecule has 5 heteroatoms. The number of nitrogens with zero attached hydrogens (tertiary/aromatic N) is 2. The maximum Gasteiger partial charge on any atom is 0.227 e. The van der Waals surface area contributed by atoms with Gasteiger partial charge in [-0.05, 0) is 61.6 Å². The molecule has 136 valence electrons. The molecule has 1 aliphatic carbocycles. The van der Waals surface area contributed by atoms with E-state index in [1.54, 1.807) is 0 Å². The van der Waals surface area contributed by atoms with Crippen LogP contribution in [0, 0.1) is 13.8 Å². The summed E-state index contributed by atoms with van der Waals surface area (Å²) in [4.78, 5) is 21.9. The van der Waals surface area contributed by atoms with E-state index < -0.39 is 0 Å². The Hall–Kier alpha value is -2.72. The lowest BCUT2D eigenvalue weighted by Gasteiger charge is -2.24. The lowest BCUT2D eigenvalue weighted by Crippen LogP contribution is -2.22. The highest BCUT2D eigenvalue weighted by atomic mass is 35.5. The highest BCUT2D eigenvalue weighted by Gasteiger charge is 2.29. The van der Waals surface area contributed by atoms with Gasteiger partial charge in [0.1, 0.15) is 0 Å². The van der Waals surface area contributed by atoms with Crippen molar-refractivity contribution in [2.45, 2.75) is 32.6 Å². The predicted molar refractivity (Wildman–Crippen MR) is 108 cm³/mol. The van der Waals surface area contributed by atoms with Crippen molar-refractivity contribution in [1.82, 2.24) is 9.97 Å². The van der Waals surface area contributed by atoms with Crippen molar-refractivity contribution in [2.24, 2.45) is 0 Å². The number of halogens is 1. The molecule has 0 amide bonds. The van der Waals surface area contributed by atoms with Crippen LogP contribution >= 0.6 is 11.6 Å². The lowest BCUT2D eigenvalue weighted by molar-refractivity contribution is 0.0962. The molecule has 0 unspecified atom stereocenters. The minimum atomic E-state index is 0.107. The number of anilines is 2. The summed E-state index contributed by atoms with van der Waals surface area (Å²) in [5.41, 5.74) is 5.43. The van der Waals surface area contributed by atoms with E-state index in [1.165, 1.54) is 0 Å². The van der Waals surface area contributed by atoms with Gasteiger partial charge in [0.2, 0.25) is 5.95 Å². The second kappa shape index (κ2) is 7.12. The smallest absolute Gasteiger partial charge is 0.227 e. The van der Waals surface area contributed by atoms with E-state index in [0.717, 1.165) is 28.2 Å². The quantitative estimate of drug-likeness (QED) is 0.663. The molecule has 0 saturated carbocycles. The average Bonchev–Trinajstić information content (AvgIpc) is 2.61. The Kier molecular flexibility index (Phi) is 4.66. The minimum absolute atomic E-state index is 0.107. The topological polar surface area (TPSA) is 54.9 Å². The van der Waals surface area contributed by atoms with Crippen LogP contribution in [-0.2, 0) is 6.42 Å². The van der Waals surface area contributed by atoms with Crippen LogP contribution in [0.5, 0.6) is 0 Å². The molecular weight excluding hydrogens is 358 g/mol. The Morgan fingerprint density at radius 3 is 2.56 bits per heavy atom. The van der Waals surface area contributed by atoms with Gasteiger partial charge in [-0.2, -0.15) is 0 Å². The van der Waals surface area contributed by atoms with Crippen molar-refractivity contribution in [3.8, 4) is 0 Å². The first-order valence-corrected chi connectivity index (χ1v) is 9.37. The Labute approximate surface area is 163 Å². The number of aryl methyl sites for hydroxylation is 2. The molecule has 1 atom stereocenters. The number of ketones is 1. The van der Waals surface area contributed by atoms with Gasteiger partial charge in [-0.3, -0.25) is 4.79 Å². The lowest BCUT2D eigenvalue weighted by atomic mass is 9.81. The standard InChI is InChI=1S/C22H20ClN3O/c1-13-4-3-5-18(10-13)25-22-24-14(2)21-19(26-22)11-16(12-20(21)27)15-6-8-17(23)9-7-15/h3-10,16H,11-12H2,1-2H3,(H,24,25,26)/t16-/m0/s1. The van der Waals surface area contributed by atoms with Crippen molar-refractivity contribution in [2.75, 3.05) is 5.32 Å². The van der Waals surface area contributed by atoms with Crippen LogP contribution in [-0.4, -0.2) is 15.8 Å². The number of carbonyl (C=O) groups excluding carboxylic acids is 1. The van der Waals surface area contributed by atoms with E-state index in [0.29, 0.717) is 29.4 Å². The van der Waals surface area contributed by atoms with Gasteiger partial charge in [0.25, 0.3) is 0 Å². The van der Waals surface area contributed by atoms with Gasteiger partial charge >= 0.3 is 0 Å². The molecule has 0 spiro atoms. The Morgan fingerprint density at radius 2 is 1.81 bits per heavy atom. The number of rotatable bonds is 3. The number of nitrogens with one attached hydrogen (secondary N) is 1. The van der Waals surface area contributed by atoms with Crippen molar-refractivity contribution < 1.29 is 4.79 Å². The fourth-order valence-electron chi connectivity index (χ4n) is 3.65. The summed E-state index contributed by atoms with van der Waals surface area (Å²) < 4.78 is 0. The van der Waals surface area contributed by atoms with Crippen molar-refractivity contribution in [3.05, 3.63) is 81.6 Å². The van der Waals surface area contributed by atoms with E-state index in [2.05, 4.69) is 15.3 Å². The second-order valence-electron chi connectivity index (χ2n) is 7.03. The van der Waals surface area contributed by atoms with E-state index in [9.17, 15) is 4.79 Å². The van der Waals surface area contributed by atoms with Crippen LogP contribution in [0.25, 0.3) is 0 Å². The van der Waals surface area contributed by atoms with Gasteiger partial charge < -0.3 is 5.32 Å². The van der Waals surface area contributed by atoms with Crippen molar-refractivity contribution >= 4 is 29.0 Å². The zero-order valence-corrected chi connectivity index (χ0v) is 16.0. The summed E-state index contributed by atoms with van der Waals surface area (Å²) >= 11 is 5.99. The SMILES string of the molecule is Cc1cccc(Nc2nc(C)c3c(n2)C[C@H](c2ccc(Cl)cc2)CC3=O)c1. The Balaban J connectivity index is 1.66. The zero-order chi connectivity index (χ0) is 19.0. The molecule has 0 saturated heterocycles. The van der Waals surface area contributed by atoms with E-state index >= 15 is 0 Å². The largest absolute Gasteiger partial charge is 0.324 e. The molecule has 27 heavy (non-hydrogen) atoms. The number of Topliss-reactive ketones (excluding diaryl/α,β-unsaturated/α-hetero) is 1. The molecule has 0 aliphatic heterocycles. The van der Waals surface area contributed by atoms with Gasteiger partial charge in [0, 0.05) is 17.1 Å². The summed E-state index contributed by atoms with van der Waals surface area (Å²) in [6.07, 6.45) is 1.19. The first kappa shape index (κ1) is 17.7. The maximum absolute atomic E-state index is 12.7. The number of benzene rings is 2. The first-order chi connectivity index (χ1) is 13.0. The minimum Gasteiger partial charge on any atom is -0.324 e. The van der Waals surface area contributed by atoms with Gasteiger partial charge in [0.05, 0.1) is 17.0 Å². The Morgan fingerprint density at radius 1 is 1.04 bits per heavy atom. The monoisotopic (exact) mass is 377 g/mol. The molecule has 4 rings (SSSR count). The van der Waals surface area contributed by atoms with Gasteiger partial charge in [0.15, 0.2) is 5.78 Å². The number of aromatic nitrogens is 2. The molecular formula is C22H20ClN3O. The molecule has 1 heterocycles. The summed E-state index contributed by atoms with van der Waals surface area (Å²) in [7, 11) is 0. The number of carbonyl (C=O) groups is 1. The van der Waals surface area contributed by atoms with Crippen LogP contribution in [0.1, 0.15) is 45.2 Å². The Bertz CT molecular complexity index is 1010. The summed E-state index contributed by atoms with van der Waals surface area (Å²) in [5.74, 6) is 0.751. The molecule has 2 aromatic carbocycles. The molecule has 1 aliphatic rings. The predicted octanol–water partition coefficient (Wildman–Crippen LogP) is 5.40. The van der Waals surface area contributed by atoms with E-state index in [1.807, 2.05) is 62.4 Å². The third kappa shape index (κ3) is 3.71. The molecule has 0 bridgehead atoms. The third-order valence-corrected chi connectivity index (χ3v) is 5.18. The third-order valence-electron chi connectivity index (χ3n) is 4.93. The van der Waals surface area contributed by atoms with Crippen LogP contribution in [0.3, 0.4) is 0 Å². The molecule has 1 N–H and O–H groups in total. The number of fused-ring (bicyclic) bond motifs is 1. The fraction of sp³-hybridized carbons (Fsp3) is 0.227. The normalized spacial score (nSPS) is 16.1. The highest BCUT2D eigenvalue weighted by Crippen LogP contribution is 2.34. The van der Waals surface area contributed by atoms with Crippen molar-refractivity contribution in [3.63, 3.8) is 0 Å². The van der Waals surface area contributed by atoms with E-state index in [4.69, 9.17) is 11.6 Å². The average molecular weight is 378 g/mol. The fourth-order valence-corrected chi connectivity index (χ4v) is 3.78. The van der Waals surface area contributed by atoms with Crippen LogP contribution in [0.4, 0.5) is 11.6 Å². The zero-order valence-electron chi connectivity index (χ0n) is 15.3. The van der Waals surface area contributed by atoms with Gasteiger partial charge in [-0.1, -0.05) is 35.9 Å². The summed E-state index contributed by atoms with van der Waals surface area (Å²) in [6.45, 7) is 3.92. The number of hydrogen-bond acceptors (Lipinski definition) is 4. The molecule has 3 aromatic rings. The second-order valence-corrected chi connectivity index (χ2v) is 7.47. The molecule has 4 nitrogen and oxygen atoms in total. The summed E-state index contributed by atoms with van der Waals surface area (Å²) in [6, 6.07) is 15.8. The first-order valence-electron chi connectivity index (χ1n) is 8.99. The highest BCUT2D eigenvalue weighted by molar-refractivity contribution is 6.30. The van der Waals surface area contributed by atoms with Gasteiger partial charge in [-0.25, -0.2) is 9.97 Å². The number of hydrogen-bond donors (Lipinski definition) is 1. The molecule has 0 radical (unpaired) electrons. The van der Waals surface area contributed by atoms with Crippen LogP contribution < -0.4 is 5.32 Å². The van der Waals surface area contributed by atoms with Gasteiger partial charge in [-0.15, -0.1) is 0 Å². The van der Waals surface area contributed by atoms with Crippen molar-refractivity contribution in [1.29, 1.82) is 0 Å². The molecule has 1 aromatic heterocycles. The van der Waals surface area contributed by atoms with E-state index in [-0.39, 0.29) is 11.7 Å². The maximum atomic E-state index is 12.7.